The molecule has 5 nitrogen and oxygen atoms in total. The Morgan fingerprint density at radius 2 is 1.95 bits per heavy atom. The number of benzene rings is 1. The van der Waals surface area contributed by atoms with Crippen molar-refractivity contribution in [2.45, 2.75) is 13.0 Å². The molecule has 1 aliphatic heterocycles. The van der Waals surface area contributed by atoms with Gasteiger partial charge in [-0.25, -0.2) is 4.79 Å². The lowest BCUT2D eigenvalue weighted by Crippen LogP contribution is -2.52. The highest BCUT2D eigenvalue weighted by atomic mass is 16.4. The van der Waals surface area contributed by atoms with E-state index in [1.54, 1.807) is 17.0 Å². The minimum atomic E-state index is -1.01. The molecule has 0 bridgehead atoms. The van der Waals surface area contributed by atoms with Gasteiger partial charge < -0.3 is 14.9 Å². The standard InChI is InChI=1S/C14H18N2O3/c1-10-9-15(2)6-7-16(10)13(17)11-4-3-5-12(8-11)14(18)19/h3-5,8,10H,6-7,9H2,1-2H3,(H,18,19). The van der Waals surface area contributed by atoms with Gasteiger partial charge >= 0.3 is 5.97 Å². The summed E-state index contributed by atoms with van der Waals surface area (Å²) in [5.41, 5.74) is 0.587. The normalized spacial score (nSPS) is 20.3. The molecule has 0 spiro atoms. The SMILES string of the molecule is CC1CN(C)CCN1C(=O)c1cccc(C(=O)O)c1. The van der Waals surface area contributed by atoms with Gasteiger partial charge in [-0.3, -0.25) is 4.79 Å². The summed E-state index contributed by atoms with van der Waals surface area (Å²) in [5, 5.41) is 8.96. The third-order valence-electron chi connectivity index (χ3n) is 3.45. The summed E-state index contributed by atoms with van der Waals surface area (Å²) in [4.78, 5) is 27.3. The number of aromatic carboxylic acids is 1. The lowest BCUT2D eigenvalue weighted by atomic mass is 10.1. The molecular weight excluding hydrogens is 244 g/mol. The minimum Gasteiger partial charge on any atom is -0.478 e. The molecule has 0 radical (unpaired) electrons. The van der Waals surface area contributed by atoms with Crippen molar-refractivity contribution in [3.63, 3.8) is 0 Å². The molecule has 2 rings (SSSR count). The third kappa shape index (κ3) is 2.93. The lowest BCUT2D eigenvalue weighted by molar-refractivity contribution is 0.0533. The number of rotatable bonds is 2. The Hall–Kier alpha value is -1.88. The van der Waals surface area contributed by atoms with Crippen LogP contribution >= 0.6 is 0 Å². The molecule has 5 heteroatoms. The van der Waals surface area contributed by atoms with Crippen LogP contribution in [0.25, 0.3) is 0 Å². The summed E-state index contributed by atoms with van der Waals surface area (Å²) in [6.07, 6.45) is 0. The molecular formula is C14H18N2O3. The highest BCUT2D eigenvalue weighted by Gasteiger charge is 2.26. The van der Waals surface area contributed by atoms with E-state index in [0.717, 1.165) is 13.1 Å². The van der Waals surface area contributed by atoms with Crippen LogP contribution in [-0.4, -0.2) is 59.5 Å². The molecule has 1 aromatic rings. The predicted octanol–water partition coefficient (Wildman–Crippen LogP) is 1.16. The second kappa shape index (κ2) is 5.40. The van der Waals surface area contributed by atoms with E-state index in [9.17, 15) is 9.59 Å². The molecule has 102 valence electrons. The number of piperazine rings is 1. The Bertz CT molecular complexity index is 501. The number of amides is 1. The van der Waals surface area contributed by atoms with Crippen molar-refractivity contribution in [3.05, 3.63) is 35.4 Å². The van der Waals surface area contributed by atoms with E-state index < -0.39 is 5.97 Å². The second-order valence-electron chi connectivity index (χ2n) is 5.00. The number of carboxylic acids is 1. The fourth-order valence-electron chi connectivity index (χ4n) is 2.39. The molecule has 1 aromatic carbocycles. The number of carbonyl (C=O) groups excluding carboxylic acids is 1. The van der Waals surface area contributed by atoms with Crippen molar-refractivity contribution in [3.8, 4) is 0 Å². The van der Waals surface area contributed by atoms with E-state index >= 15 is 0 Å². The van der Waals surface area contributed by atoms with Gasteiger partial charge in [-0.15, -0.1) is 0 Å². The van der Waals surface area contributed by atoms with Crippen LogP contribution in [0.1, 0.15) is 27.6 Å². The molecule has 19 heavy (non-hydrogen) atoms. The van der Waals surface area contributed by atoms with Crippen LogP contribution in [-0.2, 0) is 0 Å². The Kier molecular flexibility index (Phi) is 3.85. The Labute approximate surface area is 112 Å². The van der Waals surface area contributed by atoms with Gasteiger partial charge in [0.2, 0.25) is 0 Å². The highest BCUT2D eigenvalue weighted by Crippen LogP contribution is 2.14. The first kappa shape index (κ1) is 13.5. The average molecular weight is 262 g/mol. The van der Waals surface area contributed by atoms with Crippen LogP contribution in [0.5, 0.6) is 0 Å². The van der Waals surface area contributed by atoms with Crippen LogP contribution in [0.15, 0.2) is 24.3 Å². The van der Waals surface area contributed by atoms with Gasteiger partial charge in [0, 0.05) is 31.2 Å². The van der Waals surface area contributed by atoms with Gasteiger partial charge in [-0.2, -0.15) is 0 Å². The van der Waals surface area contributed by atoms with E-state index in [2.05, 4.69) is 4.90 Å². The van der Waals surface area contributed by atoms with Gasteiger partial charge in [-0.05, 0) is 32.2 Å². The Balaban J connectivity index is 2.19. The first-order valence-electron chi connectivity index (χ1n) is 6.32. The first-order chi connectivity index (χ1) is 8.99. The van der Waals surface area contributed by atoms with Crippen molar-refractivity contribution < 1.29 is 14.7 Å². The summed E-state index contributed by atoms with van der Waals surface area (Å²) in [7, 11) is 2.03. The molecule has 1 unspecified atom stereocenters. The number of hydrogen-bond donors (Lipinski definition) is 1. The maximum Gasteiger partial charge on any atom is 0.335 e. The Morgan fingerprint density at radius 1 is 1.26 bits per heavy atom. The largest absolute Gasteiger partial charge is 0.478 e. The lowest BCUT2D eigenvalue weighted by Gasteiger charge is -2.38. The van der Waals surface area contributed by atoms with E-state index in [1.807, 2.05) is 14.0 Å². The molecule has 0 saturated carbocycles. The van der Waals surface area contributed by atoms with Crippen molar-refractivity contribution in [2.75, 3.05) is 26.7 Å². The van der Waals surface area contributed by atoms with Crippen LogP contribution < -0.4 is 0 Å². The maximum absolute atomic E-state index is 12.4. The number of likely N-dealkylation sites (N-methyl/N-ethyl adjacent to an activating group) is 1. The number of nitrogens with zero attached hydrogens (tertiary/aromatic N) is 2. The predicted molar refractivity (Wildman–Crippen MR) is 71.4 cm³/mol. The van der Waals surface area contributed by atoms with E-state index in [4.69, 9.17) is 5.11 Å². The molecule has 0 aliphatic carbocycles. The summed E-state index contributed by atoms with van der Waals surface area (Å²) in [5.74, 6) is -1.11. The van der Waals surface area contributed by atoms with Gasteiger partial charge in [0.1, 0.15) is 0 Å². The average Bonchev–Trinajstić information content (AvgIpc) is 2.38. The molecule has 1 atom stereocenters. The molecule has 1 N–H and O–H groups in total. The zero-order chi connectivity index (χ0) is 14.0. The topological polar surface area (TPSA) is 60.9 Å². The first-order valence-corrected chi connectivity index (χ1v) is 6.32. The number of carboxylic acid groups (broad SMARTS) is 1. The van der Waals surface area contributed by atoms with Gasteiger partial charge in [-0.1, -0.05) is 6.07 Å². The number of carbonyl (C=O) groups is 2. The molecule has 1 aliphatic rings. The summed E-state index contributed by atoms with van der Waals surface area (Å²) in [6.45, 7) is 4.36. The van der Waals surface area contributed by atoms with Crippen molar-refractivity contribution in [2.24, 2.45) is 0 Å². The highest BCUT2D eigenvalue weighted by molar-refractivity contribution is 5.97. The van der Waals surface area contributed by atoms with Crippen molar-refractivity contribution in [1.29, 1.82) is 0 Å². The van der Waals surface area contributed by atoms with Crippen molar-refractivity contribution >= 4 is 11.9 Å². The quantitative estimate of drug-likeness (QED) is 0.869. The van der Waals surface area contributed by atoms with E-state index in [1.165, 1.54) is 12.1 Å². The molecule has 1 fully saturated rings. The van der Waals surface area contributed by atoms with Gasteiger partial charge in [0.05, 0.1) is 5.56 Å². The van der Waals surface area contributed by atoms with Crippen LogP contribution in [0.3, 0.4) is 0 Å². The van der Waals surface area contributed by atoms with Crippen LogP contribution in [0, 0.1) is 0 Å². The fourth-order valence-corrected chi connectivity index (χ4v) is 2.39. The fraction of sp³-hybridized carbons (Fsp3) is 0.429. The molecule has 0 aromatic heterocycles. The van der Waals surface area contributed by atoms with E-state index in [-0.39, 0.29) is 17.5 Å². The summed E-state index contributed by atoms with van der Waals surface area (Å²) >= 11 is 0. The van der Waals surface area contributed by atoms with Crippen LogP contribution in [0.4, 0.5) is 0 Å². The minimum absolute atomic E-state index is 0.0938. The summed E-state index contributed by atoms with van der Waals surface area (Å²) < 4.78 is 0. The second-order valence-corrected chi connectivity index (χ2v) is 5.00. The van der Waals surface area contributed by atoms with E-state index in [0.29, 0.717) is 12.1 Å². The third-order valence-corrected chi connectivity index (χ3v) is 3.45. The molecule has 1 amide bonds. The zero-order valence-electron chi connectivity index (χ0n) is 11.2. The number of hydrogen-bond acceptors (Lipinski definition) is 3. The van der Waals surface area contributed by atoms with Gasteiger partial charge in [0.15, 0.2) is 0 Å². The van der Waals surface area contributed by atoms with Crippen molar-refractivity contribution in [1.82, 2.24) is 9.80 Å². The monoisotopic (exact) mass is 262 g/mol. The molecule has 1 heterocycles. The smallest absolute Gasteiger partial charge is 0.335 e. The van der Waals surface area contributed by atoms with Crippen LogP contribution in [0.2, 0.25) is 0 Å². The molecule has 1 saturated heterocycles. The zero-order valence-corrected chi connectivity index (χ0v) is 11.2. The summed E-state index contributed by atoms with van der Waals surface area (Å²) in [6, 6.07) is 6.35. The maximum atomic E-state index is 12.4. The Morgan fingerprint density at radius 3 is 2.58 bits per heavy atom. The van der Waals surface area contributed by atoms with Gasteiger partial charge in [0.25, 0.3) is 5.91 Å².